The van der Waals surface area contributed by atoms with Crippen molar-refractivity contribution in [2.24, 2.45) is 0 Å². The Morgan fingerprint density at radius 2 is 0.689 bits per heavy atom. The highest BCUT2D eigenvalue weighted by Gasteiger charge is 2.14. The van der Waals surface area contributed by atoms with E-state index in [0.717, 1.165) is 46.3 Å². The first-order valence-corrected chi connectivity index (χ1v) is 20.5. The van der Waals surface area contributed by atoms with Gasteiger partial charge in [0.2, 0.25) is 0 Å². The third-order valence-electron chi connectivity index (χ3n) is 6.85. The van der Waals surface area contributed by atoms with Crippen LogP contribution in [0.2, 0.25) is 0 Å². The van der Waals surface area contributed by atoms with E-state index in [0.29, 0.717) is 0 Å². The molecule has 0 aliphatic heterocycles. The maximum atomic E-state index is 5.88. The third kappa shape index (κ3) is 15.2. The number of rotatable bonds is 17. The summed E-state index contributed by atoms with van der Waals surface area (Å²) >= 11 is 11.8. The normalized spacial score (nSPS) is 10.6. The zero-order valence-electron chi connectivity index (χ0n) is 25.5. The molecule has 4 aromatic carbocycles. The molecule has 0 radical (unpaired) electrons. The molecule has 0 aromatic heterocycles. The lowest BCUT2D eigenvalue weighted by atomic mass is 10.2. The number of hydrogen-bond donors (Lipinski definition) is 0. The second kappa shape index (κ2) is 22.9. The molecule has 0 fully saturated rings. The minimum Gasteiger partial charge on any atom is -0.348 e. The quantitative estimate of drug-likeness (QED) is 0.0595. The molecule has 0 atom stereocenters. The SMILES string of the molecule is S.S=C(SSCCCCCCSSC(=S)N(Cc1ccccc1)Cc1ccccc1)N(Cc1ccccc1)Cc1ccccc1. The summed E-state index contributed by atoms with van der Waals surface area (Å²) in [4.78, 5) is 4.63. The number of nitrogens with zero attached hydrogens (tertiary/aromatic N) is 2. The molecule has 238 valence electrons. The van der Waals surface area contributed by atoms with Crippen molar-refractivity contribution in [2.45, 2.75) is 51.9 Å². The summed E-state index contributed by atoms with van der Waals surface area (Å²) in [6, 6.07) is 42.4. The molecule has 0 saturated heterocycles. The summed E-state index contributed by atoms with van der Waals surface area (Å²) in [6.07, 6.45) is 4.94. The van der Waals surface area contributed by atoms with Crippen molar-refractivity contribution < 1.29 is 0 Å². The Morgan fingerprint density at radius 3 is 0.956 bits per heavy atom. The fraction of sp³-hybridized carbons (Fsp3) is 0.278. The van der Waals surface area contributed by atoms with Crippen LogP contribution in [0, 0.1) is 0 Å². The summed E-state index contributed by atoms with van der Waals surface area (Å²) in [5.74, 6) is 2.24. The van der Waals surface area contributed by atoms with Crippen molar-refractivity contribution >= 4 is 89.7 Å². The standard InChI is InChI=1S/C36H40N2S6.H2S/c39-35(37(27-31-17-7-3-8-18-31)28-32-19-9-4-10-20-32)43-41-25-15-1-2-16-26-42-44-36(40)38(29-33-21-11-5-12-22-33)30-34-23-13-6-14-24-34;/h3-14,17-24H,1-2,15-16,25-30H2;1H2. The molecule has 0 heterocycles. The Bertz CT molecular complexity index is 1170. The summed E-state index contributed by atoms with van der Waals surface area (Å²) in [7, 11) is 7.28. The molecule has 45 heavy (non-hydrogen) atoms. The van der Waals surface area contributed by atoms with Crippen LogP contribution < -0.4 is 0 Å². The van der Waals surface area contributed by atoms with E-state index in [1.807, 2.05) is 21.6 Å². The predicted octanol–water partition coefficient (Wildman–Crippen LogP) is 11.4. The van der Waals surface area contributed by atoms with Crippen LogP contribution in [0.5, 0.6) is 0 Å². The summed E-state index contributed by atoms with van der Waals surface area (Å²) in [6.45, 7) is 3.32. The third-order valence-corrected chi connectivity index (χ3v) is 13.1. The molecule has 4 aromatic rings. The Hall–Kier alpha value is -1.59. The van der Waals surface area contributed by atoms with Crippen molar-refractivity contribution in [3.63, 3.8) is 0 Å². The fourth-order valence-corrected chi connectivity index (χ4v) is 9.60. The molecule has 4 rings (SSSR count). The van der Waals surface area contributed by atoms with E-state index in [4.69, 9.17) is 24.4 Å². The van der Waals surface area contributed by atoms with Gasteiger partial charge in [0.25, 0.3) is 0 Å². The largest absolute Gasteiger partial charge is 0.348 e. The van der Waals surface area contributed by atoms with Crippen LogP contribution in [0.1, 0.15) is 47.9 Å². The topological polar surface area (TPSA) is 6.48 Å². The predicted molar refractivity (Wildman–Crippen MR) is 218 cm³/mol. The van der Waals surface area contributed by atoms with Gasteiger partial charge in [0, 0.05) is 37.7 Å². The van der Waals surface area contributed by atoms with Crippen LogP contribution in [-0.4, -0.2) is 29.9 Å². The average molecular weight is 727 g/mol. The minimum atomic E-state index is 0. The van der Waals surface area contributed by atoms with Gasteiger partial charge in [-0.05, 0) is 56.7 Å². The smallest absolute Gasteiger partial charge is 0.147 e. The number of thiocarbonyl (C=S) groups is 2. The summed E-state index contributed by atoms with van der Waals surface area (Å²) < 4.78 is 1.92. The van der Waals surface area contributed by atoms with Crippen LogP contribution in [0.4, 0.5) is 0 Å². The van der Waals surface area contributed by atoms with Crippen molar-refractivity contribution in [3.05, 3.63) is 144 Å². The molecular formula is C36H42N2S7. The molecule has 2 nitrogen and oxygen atoms in total. The second-order valence-electron chi connectivity index (χ2n) is 10.4. The first-order chi connectivity index (χ1) is 21.7. The highest BCUT2D eigenvalue weighted by atomic mass is 33.1. The Kier molecular flexibility index (Phi) is 19.2. The lowest BCUT2D eigenvalue weighted by Crippen LogP contribution is -2.26. The van der Waals surface area contributed by atoms with Crippen LogP contribution in [0.3, 0.4) is 0 Å². The second-order valence-corrected chi connectivity index (χ2v) is 16.5. The molecule has 0 N–H and O–H groups in total. The van der Waals surface area contributed by atoms with E-state index in [9.17, 15) is 0 Å². The van der Waals surface area contributed by atoms with Gasteiger partial charge in [-0.25, -0.2) is 0 Å². The van der Waals surface area contributed by atoms with Gasteiger partial charge in [-0.15, -0.1) is 0 Å². The van der Waals surface area contributed by atoms with Crippen molar-refractivity contribution in [1.82, 2.24) is 9.80 Å². The average Bonchev–Trinajstić information content (AvgIpc) is 3.06. The highest BCUT2D eigenvalue weighted by Crippen LogP contribution is 2.30. The molecule has 0 bridgehead atoms. The fourth-order valence-electron chi connectivity index (χ4n) is 4.55. The zero-order chi connectivity index (χ0) is 30.7. The molecule has 0 amide bonds. The summed E-state index contributed by atoms with van der Waals surface area (Å²) in [5.41, 5.74) is 5.14. The lowest BCUT2D eigenvalue weighted by Gasteiger charge is -2.25. The van der Waals surface area contributed by atoms with Gasteiger partial charge in [-0.1, -0.05) is 180 Å². The van der Waals surface area contributed by atoms with E-state index in [1.54, 1.807) is 21.6 Å². The van der Waals surface area contributed by atoms with Crippen LogP contribution >= 0.6 is 81.1 Å². The van der Waals surface area contributed by atoms with Crippen molar-refractivity contribution in [1.29, 1.82) is 0 Å². The number of unbranched alkanes of at least 4 members (excludes halogenated alkanes) is 3. The van der Waals surface area contributed by atoms with Crippen molar-refractivity contribution in [2.75, 3.05) is 11.5 Å². The van der Waals surface area contributed by atoms with Gasteiger partial charge in [0.1, 0.15) is 8.64 Å². The lowest BCUT2D eigenvalue weighted by molar-refractivity contribution is 0.421. The zero-order valence-corrected chi connectivity index (χ0v) is 31.4. The van der Waals surface area contributed by atoms with E-state index in [2.05, 4.69) is 131 Å². The first-order valence-electron chi connectivity index (χ1n) is 15.0. The monoisotopic (exact) mass is 726 g/mol. The van der Waals surface area contributed by atoms with E-state index < -0.39 is 0 Å². The molecular weight excluding hydrogens is 685 g/mol. The van der Waals surface area contributed by atoms with Gasteiger partial charge < -0.3 is 9.80 Å². The van der Waals surface area contributed by atoms with Gasteiger partial charge in [0.05, 0.1) is 0 Å². The molecule has 0 unspecified atom stereocenters. The van der Waals surface area contributed by atoms with Crippen LogP contribution in [0.15, 0.2) is 121 Å². The molecule has 0 aliphatic rings. The van der Waals surface area contributed by atoms with Gasteiger partial charge in [-0.2, -0.15) is 13.5 Å². The Balaban J connectivity index is 0.00000552. The molecule has 0 spiro atoms. The maximum Gasteiger partial charge on any atom is 0.147 e. The molecule has 0 saturated carbocycles. The maximum absolute atomic E-state index is 5.88. The Morgan fingerprint density at radius 1 is 0.422 bits per heavy atom. The minimum absolute atomic E-state index is 0. The highest BCUT2D eigenvalue weighted by molar-refractivity contribution is 8.84. The number of benzene rings is 4. The van der Waals surface area contributed by atoms with Crippen LogP contribution in [-0.2, 0) is 26.2 Å². The molecule has 9 heteroatoms. The van der Waals surface area contributed by atoms with Gasteiger partial charge in [-0.3, -0.25) is 0 Å². The van der Waals surface area contributed by atoms with E-state index >= 15 is 0 Å². The first kappa shape index (κ1) is 37.9. The number of hydrogen-bond acceptors (Lipinski definition) is 6. The summed E-state index contributed by atoms with van der Waals surface area (Å²) in [5, 5.41) is 0. The van der Waals surface area contributed by atoms with E-state index in [1.165, 1.54) is 47.9 Å². The van der Waals surface area contributed by atoms with Gasteiger partial charge in [0.15, 0.2) is 0 Å². The van der Waals surface area contributed by atoms with E-state index in [-0.39, 0.29) is 13.5 Å². The van der Waals surface area contributed by atoms with Crippen molar-refractivity contribution in [3.8, 4) is 0 Å². The van der Waals surface area contributed by atoms with Crippen LogP contribution in [0.25, 0.3) is 0 Å². The molecule has 0 aliphatic carbocycles. The van der Waals surface area contributed by atoms with Gasteiger partial charge >= 0.3 is 0 Å². The Labute approximate surface area is 304 Å².